The van der Waals surface area contributed by atoms with Crippen molar-refractivity contribution in [3.63, 3.8) is 0 Å². The van der Waals surface area contributed by atoms with Crippen LogP contribution in [0.4, 0.5) is 0 Å². The molecule has 1 atom stereocenters. The molecule has 0 bridgehead atoms. The summed E-state index contributed by atoms with van der Waals surface area (Å²) in [4.78, 5) is 4.26. The molecule has 22 heavy (non-hydrogen) atoms. The number of hydrogen-bond donors (Lipinski definition) is 1. The zero-order valence-electron chi connectivity index (χ0n) is 13.4. The first-order valence-corrected chi connectivity index (χ1v) is 8.24. The predicted molar refractivity (Wildman–Crippen MR) is 85.8 cm³/mol. The van der Waals surface area contributed by atoms with Gasteiger partial charge in [-0.3, -0.25) is 4.68 Å². The summed E-state index contributed by atoms with van der Waals surface area (Å²) in [5.74, 6) is 1.61. The van der Waals surface area contributed by atoms with Crippen molar-refractivity contribution in [2.24, 2.45) is 5.92 Å². The predicted octanol–water partition coefficient (Wildman–Crippen LogP) is 2.20. The molecule has 7 heteroatoms. The third-order valence-electron chi connectivity index (χ3n) is 4.09. The second kappa shape index (κ2) is 6.38. The minimum absolute atomic E-state index is 0.401. The van der Waals surface area contributed by atoms with Crippen molar-refractivity contribution in [2.45, 2.75) is 59.3 Å². The Hall–Kier alpha value is -1.40. The summed E-state index contributed by atoms with van der Waals surface area (Å²) in [6.07, 6.45) is 3.68. The minimum Gasteiger partial charge on any atom is -0.308 e. The number of aryl methyl sites for hydroxylation is 2. The smallest absolute Gasteiger partial charge is 0.138 e. The van der Waals surface area contributed by atoms with Crippen molar-refractivity contribution in [1.29, 1.82) is 0 Å². The van der Waals surface area contributed by atoms with Crippen molar-refractivity contribution >= 4 is 11.6 Å². The average Bonchev–Trinajstić information content (AvgIpc) is 3.02. The fraction of sp³-hybridized carbons (Fsp3) is 0.667. The number of rotatable bonds is 5. The van der Waals surface area contributed by atoms with Crippen LogP contribution in [0.25, 0.3) is 0 Å². The lowest BCUT2D eigenvalue weighted by Gasteiger charge is -2.23. The van der Waals surface area contributed by atoms with Crippen LogP contribution >= 0.6 is 11.6 Å². The summed E-state index contributed by atoms with van der Waals surface area (Å²) in [5, 5.41) is 13.2. The van der Waals surface area contributed by atoms with E-state index in [1.165, 1.54) is 0 Å². The number of halogens is 1. The quantitative estimate of drug-likeness (QED) is 0.916. The van der Waals surface area contributed by atoms with Gasteiger partial charge in [0, 0.05) is 31.1 Å². The normalized spacial score (nSPS) is 18.0. The van der Waals surface area contributed by atoms with E-state index >= 15 is 0 Å². The van der Waals surface area contributed by atoms with Crippen molar-refractivity contribution in [3.05, 3.63) is 28.6 Å². The van der Waals surface area contributed by atoms with Crippen LogP contribution in [0.15, 0.2) is 6.33 Å². The van der Waals surface area contributed by atoms with E-state index in [2.05, 4.69) is 34.3 Å². The molecule has 0 saturated heterocycles. The lowest BCUT2D eigenvalue weighted by Crippen LogP contribution is -2.37. The fourth-order valence-corrected chi connectivity index (χ4v) is 3.22. The molecular weight excluding hydrogens is 300 g/mol. The minimum atomic E-state index is 0.401. The molecule has 3 rings (SSSR count). The van der Waals surface area contributed by atoms with Gasteiger partial charge < -0.3 is 5.32 Å². The summed E-state index contributed by atoms with van der Waals surface area (Å²) < 4.78 is 3.90. The van der Waals surface area contributed by atoms with Crippen LogP contribution in [-0.4, -0.2) is 30.6 Å². The van der Waals surface area contributed by atoms with Gasteiger partial charge in [-0.2, -0.15) is 10.2 Å². The van der Waals surface area contributed by atoms with E-state index in [1.54, 1.807) is 6.33 Å². The number of nitrogens with zero attached hydrogens (tertiary/aromatic N) is 5. The van der Waals surface area contributed by atoms with Crippen LogP contribution in [0.2, 0.25) is 5.15 Å². The molecule has 0 radical (unpaired) electrons. The standard InChI is InChI=1S/C15H23ClN6/c1-10(2)7-22-15(16)13(11(3)20-22)6-17-12-4-5-14-18-9-19-21(14)8-12/h9-10,12,17H,4-8H2,1-3H3. The van der Waals surface area contributed by atoms with Crippen molar-refractivity contribution < 1.29 is 0 Å². The Morgan fingerprint density at radius 2 is 2.27 bits per heavy atom. The highest BCUT2D eigenvalue weighted by Gasteiger charge is 2.21. The molecule has 6 nitrogen and oxygen atoms in total. The molecule has 0 aromatic carbocycles. The SMILES string of the molecule is Cc1nn(CC(C)C)c(Cl)c1CNC1CCc2ncnn2C1. The molecule has 2 aromatic rings. The third-order valence-corrected chi connectivity index (χ3v) is 4.52. The van der Waals surface area contributed by atoms with Crippen molar-refractivity contribution in [2.75, 3.05) is 0 Å². The lowest BCUT2D eigenvalue weighted by molar-refractivity contribution is 0.358. The van der Waals surface area contributed by atoms with E-state index in [0.717, 1.165) is 54.7 Å². The van der Waals surface area contributed by atoms with Gasteiger partial charge in [0.1, 0.15) is 17.3 Å². The number of fused-ring (bicyclic) bond motifs is 1. The molecule has 3 heterocycles. The van der Waals surface area contributed by atoms with E-state index in [1.807, 2.05) is 16.3 Å². The molecule has 1 aliphatic rings. The summed E-state index contributed by atoms with van der Waals surface area (Å²) >= 11 is 6.49. The van der Waals surface area contributed by atoms with Gasteiger partial charge in [-0.05, 0) is 19.3 Å². The molecular formula is C15H23ClN6. The highest BCUT2D eigenvalue weighted by atomic mass is 35.5. The van der Waals surface area contributed by atoms with Crippen molar-refractivity contribution in [1.82, 2.24) is 29.9 Å². The highest BCUT2D eigenvalue weighted by Crippen LogP contribution is 2.21. The molecule has 0 amide bonds. The van der Waals surface area contributed by atoms with Crippen LogP contribution in [0.3, 0.4) is 0 Å². The van der Waals surface area contributed by atoms with Gasteiger partial charge in [-0.1, -0.05) is 25.4 Å². The van der Waals surface area contributed by atoms with Gasteiger partial charge in [0.15, 0.2) is 0 Å². The molecule has 0 fully saturated rings. The first-order valence-electron chi connectivity index (χ1n) is 7.86. The van der Waals surface area contributed by atoms with Crippen LogP contribution in [0, 0.1) is 12.8 Å². The van der Waals surface area contributed by atoms with E-state index in [4.69, 9.17) is 11.6 Å². The Bertz CT molecular complexity index is 644. The van der Waals surface area contributed by atoms with Gasteiger partial charge in [-0.25, -0.2) is 9.67 Å². The number of hydrogen-bond acceptors (Lipinski definition) is 4. The Morgan fingerprint density at radius 3 is 3.05 bits per heavy atom. The Balaban J connectivity index is 1.63. The fourth-order valence-electron chi connectivity index (χ4n) is 2.91. The maximum absolute atomic E-state index is 6.49. The Morgan fingerprint density at radius 1 is 1.45 bits per heavy atom. The highest BCUT2D eigenvalue weighted by molar-refractivity contribution is 6.30. The molecule has 120 valence electrons. The molecule has 1 unspecified atom stereocenters. The molecule has 1 aliphatic heterocycles. The van der Waals surface area contributed by atoms with E-state index in [0.29, 0.717) is 12.0 Å². The Kier molecular flexibility index (Phi) is 4.49. The maximum atomic E-state index is 6.49. The molecule has 0 aliphatic carbocycles. The van der Waals surface area contributed by atoms with Crippen LogP contribution in [-0.2, 0) is 26.1 Å². The van der Waals surface area contributed by atoms with E-state index in [-0.39, 0.29) is 0 Å². The van der Waals surface area contributed by atoms with Gasteiger partial charge in [0.05, 0.1) is 12.2 Å². The molecule has 2 aromatic heterocycles. The monoisotopic (exact) mass is 322 g/mol. The van der Waals surface area contributed by atoms with Crippen molar-refractivity contribution in [3.8, 4) is 0 Å². The van der Waals surface area contributed by atoms with Crippen LogP contribution in [0.1, 0.15) is 37.4 Å². The van der Waals surface area contributed by atoms with Gasteiger partial charge >= 0.3 is 0 Å². The lowest BCUT2D eigenvalue weighted by atomic mass is 10.1. The summed E-state index contributed by atoms with van der Waals surface area (Å²) in [7, 11) is 0. The first kappa shape index (κ1) is 15.5. The topological polar surface area (TPSA) is 60.6 Å². The second-order valence-electron chi connectivity index (χ2n) is 6.41. The Labute approximate surface area is 135 Å². The zero-order valence-corrected chi connectivity index (χ0v) is 14.1. The second-order valence-corrected chi connectivity index (χ2v) is 6.76. The number of aromatic nitrogens is 5. The van der Waals surface area contributed by atoms with Crippen LogP contribution in [0.5, 0.6) is 0 Å². The van der Waals surface area contributed by atoms with E-state index in [9.17, 15) is 0 Å². The number of nitrogens with one attached hydrogen (secondary N) is 1. The summed E-state index contributed by atoms with van der Waals surface area (Å²) in [5.41, 5.74) is 2.11. The molecule has 0 saturated carbocycles. The van der Waals surface area contributed by atoms with Crippen LogP contribution < -0.4 is 5.32 Å². The van der Waals surface area contributed by atoms with E-state index < -0.39 is 0 Å². The maximum Gasteiger partial charge on any atom is 0.138 e. The molecule has 1 N–H and O–H groups in total. The summed E-state index contributed by atoms with van der Waals surface area (Å²) in [6, 6.07) is 0.401. The average molecular weight is 323 g/mol. The molecule has 0 spiro atoms. The van der Waals surface area contributed by atoms with Gasteiger partial charge in [0.25, 0.3) is 0 Å². The zero-order chi connectivity index (χ0) is 15.7. The van der Waals surface area contributed by atoms with Gasteiger partial charge in [-0.15, -0.1) is 0 Å². The first-order chi connectivity index (χ1) is 10.5. The third kappa shape index (κ3) is 3.17. The largest absolute Gasteiger partial charge is 0.308 e. The summed E-state index contributed by atoms with van der Waals surface area (Å²) in [6.45, 7) is 8.83. The van der Waals surface area contributed by atoms with Gasteiger partial charge in [0.2, 0.25) is 0 Å².